The van der Waals surface area contributed by atoms with Gasteiger partial charge < -0.3 is 4.98 Å². The van der Waals surface area contributed by atoms with Crippen molar-refractivity contribution in [3.05, 3.63) is 40.8 Å². The van der Waals surface area contributed by atoms with E-state index in [0.29, 0.717) is 5.02 Å². The van der Waals surface area contributed by atoms with Crippen molar-refractivity contribution in [3.63, 3.8) is 0 Å². The highest BCUT2D eigenvalue weighted by atomic mass is 35.5. The number of imidazole rings is 1. The molecule has 0 saturated heterocycles. The summed E-state index contributed by atoms with van der Waals surface area (Å²) in [6.45, 7) is 3.94. The molecule has 92 valence electrons. The first-order valence-corrected chi connectivity index (χ1v) is 6.25. The van der Waals surface area contributed by atoms with Crippen molar-refractivity contribution >= 4 is 11.6 Å². The molecule has 0 aliphatic rings. The summed E-state index contributed by atoms with van der Waals surface area (Å²) in [5.41, 5.74) is 2.86. The van der Waals surface area contributed by atoms with Gasteiger partial charge in [0, 0.05) is 16.3 Å². The minimum Gasteiger partial charge on any atom is -0.344 e. The van der Waals surface area contributed by atoms with E-state index in [0.717, 1.165) is 29.2 Å². The first kappa shape index (κ1) is 12.7. The van der Waals surface area contributed by atoms with Gasteiger partial charge in [0.1, 0.15) is 11.7 Å². The van der Waals surface area contributed by atoms with Crippen molar-refractivity contribution in [2.45, 2.75) is 26.2 Å². The SMILES string of the molecule is CCC(C#N)c1nc(-c2ccc(Cl)cc2)c(C)[nH]1. The number of nitrogens with one attached hydrogen (secondary N) is 1. The maximum absolute atomic E-state index is 9.06. The molecule has 1 aromatic carbocycles. The van der Waals surface area contributed by atoms with Crippen LogP contribution in [0.5, 0.6) is 0 Å². The lowest BCUT2D eigenvalue weighted by atomic mass is 10.1. The third kappa shape index (κ3) is 2.39. The molecule has 0 spiro atoms. The molecule has 1 unspecified atom stereocenters. The van der Waals surface area contributed by atoms with E-state index < -0.39 is 0 Å². The van der Waals surface area contributed by atoms with Crippen molar-refractivity contribution in [2.75, 3.05) is 0 Å². The van der Waals surface area contributed by atoms with Gasteiger partial charge >= 0.3 is 0 Å². The highest BCUT2D eigenvalue weighted by Crippen LogP contribution is 2.26. The largest absolute Gasteiger partial charge is 0.344 e. The van der Waals surface area contributed by atoms with Gasteiger partial charge in [-0.3, -0.25) is 0 Å². The summed E-state index contributed by atoms with van der Waals surface area (Å²) < 4.78 is 0. The monoisotopic (exact) mass is 259 g/mol. The van der Waals surface area contributed by atoms with Crippen LogP contribution in [0.3, 0.4) is 0 Å². The zero-order valence-corrected chi connectivity index (χ0v) is 11.1. The first-order valence-electron chi connectivity index (χ1n) is 5.87. The van der Waals surface area contributed by atoms with Crippen LogP contribution in [0.1, 0.15) is 30.8 Å². The molecule has 1 aromatic heterocycles. The Balaban J connectivity index is 2.41. The Hall–Kier alpha value is -1.79. The van der Waals surface area contributed by atoms with Crippen LogP contribution in [0.25, 0.3) is 11.3 Å². The molecule has 2 rings (SSSR count). The summed E-state index contributed by atoms with van der Waals surface area (Å²) in [5, 5.41) is 9.76. The highest BCUT2D eigenvalue weighted by Gasteiger charge is 2.15. The van der Waals surface area contributed by atoms with Crippen molar-refractivity contribution in [2.24, 2.45) is 0 Å². The molecule has 1 N–H and O–H groups in total. The molecule has 18 heavy (non-hydrogen) atoms. The quantitative estimate of drug-likeness (QED) is 0.904. The predicted molar refractivity (Wildman–Crippen MR) is 72.4 cm³/mol. The Morgan fingerprint density at radius 2 is 2.06 bits per heavy atom. The van der Waals surface area contributed by atoms with Gasteiger partial charge in [-0.2, -0.15) is 5.26 Å². The molecule has 2 aromatic rings. The van der Waals surface area contributed by atoms with Crippen molar-refractivity contribution in [3.8, 4) is 17.3 Å². The number of nitriles is 1. The number of benzene rings is 1. The second-order valence-corrected chi connectivity index (χ2v) is 4.63. The van der Waals surface area contributed by atoms with E-state index >= 15 is 0 Å². The minimum absolute atomic E-state index is 0.176. The number of nitrogens with zero attached hydrogens (tertiary/aromatic N) is 2. The molecule has 1 heterocycles. The van der Waals surface area contributed by atoms with Crippen LogP contribution in [-0.2, 0) is 0 Å². The topological polar surface area (TPSA) is 52.5 Å². The van der Waals surface area contributed by atoms with E-state index in [-0.39, 0.29) is 5.92 Å². The maximum atomic E-state index is 9.06. The van der Waals surface area contributed by atoms with Crippen LogP contribution in [-0.4, -0.2) is 9.97 Å². The Morgan fingerprint density at radius 3 is 2.61 bits per heavy atom. The normalized spacial score (nSPS) is 12.1. The van der Waals surface area contributed by atoms with Gasteiger partial charge in [-0.15, -0.1) is 0 Å². The van der Waals surface area contributed by atoms with E-state index in [2.05, 4.69) is 16.0 Å². The second-order valence-electron chi connectivity index (χ2n) is 4.19. The lowest BCUT2D eigenvalue weighted by Gasteiger charge is -2.00. The number of aromatic nitrogens is 2. The average molecular weight is 260 g/mol. The Morgan fingerprint density at radius 1 is 1.39 bits per heavy atom. The molecule has 0 amide bonds. The third-order valence-corrected chi connectivity index (χ3v) is 3.17. The molecule has 0 fully saturated rings. The first-order chi connectivity index (χ1) is 8.65. The smallest absolute Gasteiger partial charge is 0.124 e. The van der Waals surface area contributed by atoms with Gasteiger partial charge in [0.25, 0.3) is 0 Å². The number of aryl methyl sites for hydroxylation is 1. The molecule has 1 atom stereocenters. The summed E-state index contributed by atoms with van der Waals surface area (Å²) in [4.78, 5) is 7.72. The molecule has 0 saturated carbocycles. The Bertz CT molecular complexity index is 578. The number of H-pyrrole nitrogens is 1. The molecule has 4 heteroatoms. The van der Waals surface area contributed by atoms with Crippen LogP contribution in [0, 0.1) is 18.3 Å². The van der Waals surface area contributed by atoms with E-state index in [1.807, 2.05) is 38.1 Å². The van der Waals surface area contributed by atoms with Crippen molar-refractivity contribution in [1.82, 2.24) is 9.97 Å². The molecule has 0 radical (unpaired) electrons. The average Bonchev–Trinajstić information content (AvgIpc) is 2.74. The lowest BCUT2D eigenvalue weighted by Crippen LogP contribution is -1.96. The number of hydrogen-bond donors (Lipinski definition) is 1. The maximum Gasteiger partial charge on any atom is 0.124 e. The van der Waals surface area contributed by atoms with Crippen LogP contribution in [0.15, 0.2) is 24.3 Å². The van der Waals surface area contributed by atoms with Gasteiger partial charge in [0.15, 0.2) is 0 Å². The number of aromatic amines is 1. The number of halogens is 1. The van der Waals surface area contributed by atoms with Crippen LogP contribution in [0.4, 0.5) is 0 Å². The van der Waals surface area contributed by atoms with Gasteiger partial charge in [-0.05, 0) is 25.5 Å². The molecule has 0 aliphatic carbocycles. The zero-order valence-electron chi connectivity index (χ0n) is 10.4. The standard InChI is InChI=1S/C14H14ClN3/c1-3-10(8-16)14-17-9(2)13(18-14)11-4-6-12(15)7-5-11/h4-7,10H,3H2,1-2H3,(H,17,18). The Kier molecular flexibility index (Phi) is 3.69. The summed E-state index contributed by atoms with van der Waals surface area (Å²) >= 11 is 5.87. The van der Waals surface area contributed by atoms with Gasteiger partial charge in [0.2, 0.25) is 0 Å². The predicted octanol–water partition coefficient (Wildman–Crippen LogP) is 4.06. The van der Waals surface area contributed by atoms with Crippen LogP contribution < -0.4 is 0 Å². The highest BCUT2D eigenvalue weighted by molar-refractivity contribution is 6.30. The second kappa shape index (κ2) is 5.24. The summed E-state index contributed by atoms with van der Waals surface area (Å²) in [5.74, 6) is 0.562. The van der Waals surface area contributed by atoms with Gasteiger partial charge in [0.05, 0.1) is 11.8 Å². The molecule has 3 nitrogen and oxygen atoms in total. The number of hydrogen-bond acceptors (Lipinski definition) is 2. The van der Waals surface area contributed by atoms with Gasteiger partial charge in [-0.1, -0.05) is 30.7 Å². The van der Waals surface area contributed by atoms with E-state index in [1.54, 1.807) is 0 Å². The van der Waals surface area contributed by atoms with Crippen molar-refractivity contribution < 1.29 is 0 Å². The third-order valence-electron chi connectivity index (χ3n) is 2.91. The fourth-order valence-electron chi connectivity index (χ4n) is 1.88. The lowest BCUT2D eigenvalue weighted by molar-refractivity contribution is 0.764. The van der Waals surface area contributed by atoms with E-state index in [9.17, 15) is 0 Å². The summed E-state index contributed by atoms with van der Waals surface area (Å²) in [6.07, 6.45) is 0.753. The zero-order chi connectivity index (χ0) is 13.1. The summed E-state index contributed by atoms with van der Waals surface area (Å²) in [7, 11) is 0. The summed E-state index contributed by atoms with van der Waals surface area (Å²) in [6, 6.07) is 9.80. The Labute approximate surface area is 111 Å². The van der Waals surface area contributed by atoms with Crippen LogP contribution >= 0.6 is 11.6 Å². The molecule has 0 bridgehead atoms. The van der Waals surface area contributed by atoms with Crippen LogP contribution in [0.2, 0.25) is 5.02 Å². The fraction of sp³-hybridized carbons (Fsp3) is 0.286. The molecular weight excluding hydrogens is 246 g/mol. The van der Waals surface area contributed by atoms with E-state index in [4.69, 9.17) is 16.9 Å². The number of rotatable bonds is 3. The van der Waals surface area contributed by atoms with Gasteiger partial charge in [-0.25, -0.2) is 4.98 Å². The van der Waals surface area contributed by atoms with Crippen molar-refractivity contribution in [1.29, 1.82) is 5.26 Å². The molecular formula is C14H14ClN3. The van der Waals surface area contributed by atoms with E-state index in [1.165, 1.54) is 0 Å². The minimum atomic E-state index is -0.176. The molecule has 0 aliphatic heterocycles. The fourth-order valence-corrected chi connectivity index (χ4v) is 2.01.